The van der Waals surface area contributed by atoms with Crippen molar-refractivity contribution in [3.8, 4) is 0 Å². The molecule has 1 rings (SSSR count). The number of carbonyl (C=O) groups is 1. The standard InChI is InChI=1S/C14H22N2O/c1-10(2)14(4,9-15)16-13(17)12-7-5-6-11(3)8-12/h5-8,10H,9,15H2,1-4H3,(H,16,17). The number of carbonyl (C=O) groups excluding carboxylic acids is 1. The minimum Gasteiger partial charge on any atom is -0.345 e. The molecule has 0 fully saturated rings. The van der Waals surface area contributed by atoms with E-state index in [1.165, 1.54) is 0 Å². The zero-order chi connectivity index (χ0) is 13.1. The SMILES string of the molecule is Cc1cccc(C(=O)NC(C)(CN)C(C)C)c1. The van der Waals surface area contributed by atoms with Crippen LogP contribution in [-0.2, 0) is 0 Å². The van der Waals surface area contributed by atoms with Crippen molar-refractivity contribution in [1.29, 1.82) is 0 Å². The van der Waals surface area contributed by atoms with E-state index in [0.29, 0.717) is 18.0 Å². The van der Waals surface area contributed by atoms with Gasteiger partial charge in [0.15, 0.2) is 0 Å². The van der Waals surface area contributed by atoms with Crippen molar-refractivity contribution < 1.29 is 4.79 Å². The highest BCUT2D eigenvalue weighted by Crippen LogP contribution is 2.16. The van der Waals surface area contributed by atoms with Crippen molar-refractivity contribution in [3.05, 3.63) is 35.4 Å². The first-order valence-corrected chi connectivity index (χ1v) is 5.98. The number of nitrogens with one attached hydrogen (secondary N) is 1. The molecular formula is C14H22N2O. The van der Waals surface area contributed by atoms with Crippen LogP contribution in [0.2, 0.25) is 0 Å². The number of hydrogen-bond acceptors (Lipinski definition) is 2. The van der Waals surface area contributed by atoms with Gasteiger partial charge in [-0.1, -0.05) is 31.5 Å². The second kappa shape index (κ2) is 5.32. The van der Waals surface area contributed by atoms with Crippen molar-refractivity contribution in [2.24, 2.45) is 11.7 Å². The third-order valence-electron chi connectivity index (χ3n) is 3.38. The van der Waals surface area contributed by atoms with Crippen molar-refractivity contribution in [2.75, 3.05) is 6.54 Å². The molecule has 1 aromatic rings. The summed E-state index contributed by atoms with van der Waals surface area (Å²) >= 11 is 0. The Hall–Kier alpha value is -1.35. The van der Waals surface area contributed by atoms with Gasteiger partial charge in [0, 0.05) is 12.1 Å². The Morgan fingerprint density at radius 2 is 2.12 bits per heavy atom. The van der Waals surface area contributed by atoms with Crippen LogP contribution in [0.4, 0.5) is 0 Å². The van der Waals surface area contributed by atoms with Crippen molar-refractivity contribution >= 4 is 5.91 Å². The van der Waals surface area contributed by atoms with Gasteiger partial charge in [-0.2, -0.15) is 0 Å². The summed E-state index contributed by atoms with van der Waals surface area (Å²) in [4.78, 5) is 12.1. The fourth-order valence-electron chi connectivity index (χ4n) is 1.55. The molecule has 1 unspecified atom stereocenters. The molecule has 0 radical (unpaired) electrons. The van der Waals surface area contributed by atoms with Crippen LogP contribution in [0.25, 0.3) is 0 Å². The Kier molecular flexibility index (Phi) is 4.29. The molecule has 0 heterocycles. The second-order valence-corrected chi connectivity index (χ2v) is 5.10. The van der Waals surface area contributed by atoms with Gasteiger partial charge < -0.3 is 11.1 Å². The van der Waals surface area contributed by atoms with E-state index < -0.39 is 0 Å². The quantitative estimate of drug-likeness (QED) is 0.838. The van der Waals surface area contributed by atoms with Crippen molar-refractivity contribution in [3.63, 3.8) is 0 Å². The summed E-state index contributed by atoms with van der Waals surface area (Å²) in [5.74, 6) is 0.233. The lowest BCUT2D eigenvalue weighted by molar-refractivity contribution is 0.0883. The van der Waals surface area contributed by atoms with Crippen molar-refractivity contribution in [1.82, 2.24) is 5.32 Å². The lowest BCUT2D eigenvalue weighted by Gasteiger charge is -2.33. The maximum Gasteiger partial charge on any atom is 0.251 e. The fraction of sp³-hybridized carbons (Fsp3) is 0.500. The first-order valence-electron chi connectivity index (χ1n) is 5.98. The molecule has 17 heavy (non-hydrogen) atoms. The smallest absolute Gasteiger partial charge is 0.251 e. The minimum atomic E-state index is -0.360. The normalized spacial score (nSPS) is 14.5. The lowest BCUT2D eigenvalue weighted by Crippen LogP contribution is -2.55. The highest BCUT2D eigenvalue weighted by Gasteiger charge is 2.28. The topological polar surface area (TPSA) is 55.1 Å². The fourth-order valence-corrected chi connectivity index (χ4v) is 1.55. The molecule has 0 aliphatic heterocycles. The van der Waals surface area contributed by atoms with Gasteiger partial charge in [-0.3, -0.25) is 4.79 Å². The van der Waals surface area contributed by atoms with Crippen molar-refractivity contribution in [2.45, 2.75) is 33.2 Å². The molecule has 1 atom stereocenters. The van der Waals surface area contributed by atoms with E-state index >= 15 is 0 Å². The molecule has 0 saturated heterocycles. The first-order chi connectivity index (χ1) is 7.89. The molecule has 1 amide bonds. The monoisotopic (exact) mass is 234 g/mol. The maximum atomic E-state index is 12.1. The lowest BCUT2D eigenvalue weighted by atomic mass is 9.88. The number of amides is 1. The molecule has 3 heteroatoms. The van der Waals surface area contributed by atoms with E-state index in [1.54, 1.807) is 0 Å². The number of benzene rings is 1. The van der Waals surface area contributed by atoms with Gasteiger partial charge in [0.1, 0.15) is 0 Å². The summed E-state index contributed by atoms with van der Waals surface area (Å²) in [6, 6.07) is 7.56. The number of nitrogens with two attached hydrogens (primary N) is 1. The summed E-state index contributed by atoms with van der Waals surface area (Å²) < 4.78 is 0. The van der Waals surface area contributed by atoms with Gasteiger partial charge in [0.05, 0.1) is 5.54 Å². The minimum absolute atomic E-state index is 0.0599. The molecule has 0 aliphatic carbocycles. The molecule has 1 aromatic carbocycles. The summed E-state index contributed by atoms with van der Waals surface area (Å²) in [5, 5.41) is 3.02. The highest BCUT2D eigenvalue weighted by molar-refractivity contribution is 5.94. The predicted octanol–water partition coefficient (Wildman–Crippen LogP) is 2.10. The van der Waals surface area contributed by atoms with Gasteiger partial charge in [-0.15, -0.1) is 0 Å². The van der Waals surface area contributed by atoms with Crippen LogP contribution in [0, 0.1) is 12.8 Å². The predicted molar refractivity (Wildman–Crippen MR) is 70.9 cm³/mol. The molecular weight excluding hydrogens is 212 g/mol. The van der Waals surface area contributed by atoms with Gasteiger partial charge >= 0.3 is 0 Å². The number of rotatable bonds is 4. The molecule has 0 aliphatic rings. The van der Waals surface area contributed by atoms with Crippen LogP contribution in [0.5, 0.6) is 0 Å². The van der Waals surface area contributed by atoms with Gasteiger partial charge in [-0.05, 0) is 31.9 Å². The van der Waals surface area contributed by atoms with Crippen LogP contribution in [-0.4, -0.2) is 18.0 Å². The third-order valence-corrected chi connectivity index (χ3v) is 3.38. The Morgan fingerprint density at radius 3 is 2.59 bits per heavy atom. The Morgan fingerprint density at radius 1 is 1.47 bits per heavy atom. The molecule has 3 N–H and O–H groups in total. The van der Waals surface area contributed by atoms with E-state index in [2.05, 4.69) is 19.2 Å². The zero-order valence-corrected chi connectivity index (χ0v) is 11.1. The molecule has 0 aromatic heterocycles. The molecule has 94 valence electrons. The van der Waals surface area contributed by atoms with E-state index in [4.69, 9.17) is 5.73 Å². The zero-order valence-electron chi connectivity index (χ0n) is 11.1. The summed E-state index contributed by atoms with van der Waals surface area (Å²) in [6.45, 7) is 8.50. The summed E-state index contributed by atoms with van der Waals surface area (Å²) in [7, 11) is 0. The third kappa shape index (κ3) is 3.30. The summed E-state index contributed by atoms with van der Waals surface area (Å²) in [5.41, 5.74) is 7.15. The number of aryl methyl sites for hydroxylation is 1. The van der Waals surface area contributed by atoms with Crippen LogP contribution in [0.1, 0.15) is 36.7 Å². The average molecular weight is 234 g/mol. The Bertz CT molecular complexity index is 401. The Balaban J connectivity index is 2.85. The van der Waals surface area contributed by atoms with E-state index in [-0.39, 0.29) is 11.4 Å². The molecule has 3 nitrogen and oxygen atoms in total. The van der Waals surface area contributed by atoms with Crippen LogP contribution in [0.15, 0.2) is 24.3 Å². The van der Waals surface area contributed by atoms with E-state index in [1.807, 2.05) is 38.1 Å². The molecule has 0 saturated carbocycles. The van der Waals surface area contributed by atoms with E-state index in [0.717, 1.165) is 5.56 Å². The molecule has 0 spiro atoms. The first kappa shape index (κ1) is 13.7. The number of hydrogen-bond donors (Lipinski definition) is 2. The van der Waals surface area contributed by atoms with E-state index in [9.17, 15) is 4.79 Å². The second-order valence-electron chi connectivity index (χ2n) is 5.10. The van der Waals surface area contributed by atoms with Crippen LogP contribution in [0.3, 0.4) is 0 Å². The largest absolute Gasteiger partial charge is 0.345 e. The Labute approximate surface area is 103 Å². The van der Waals surface area contributed by atoms with Gasteiger partial charge in [0.25, 0.3) is 5.91 Å². The van der Waals surface area contributed by atoms with Gasteiger partial charge in [0.2, 0.25) is 0 Å². The van der Waals surface area contributed by atoms with Crippen LogP contribution < -0.4 is 11.1 Å². The average Bonchev–Trinajstić information content (AvgIpc) is 2.28. The molecule has 0 bridgehead atoms. The summed E-state index contributed by atoms with van der Waals surface area (Å²) in [6.07, 6.45) is 0. The van der Waals surface area contributed by atoms with Gasteiger partial charge in [-0.25, -0.2) is 0 Å². The highest BCUT2D eigenvalue weighted by atomic mass is 16.1. The van der Waals surface area contributed by atoms with Crippen LogP contribution >= 0.6 is 0 Å². The maximum absolute atomic E-state index is 12.1.